The van der Waals surface area contributed by atoms with Crippen molar-refractivity contribution in [3.05, 3.63) is 81.4 Å². The van der Waals surface area contributed by atoms with Crippen LogP contribution in [0.2, 0.25) is 0 Å². The molecule has 0 saturated carbocycles. The number of nitro groups is 1. The minimum atomic E-state index is -0.552. The maximum atomic E-state index is 12.3. The molecule has 9 nitrogen and oxygen atoms in total. The van der Waals surface area contributed by atoms with Gasteiger partial charge in [-0.15, -0.1) is 0 Å². The molecule has 1 N–H and O–H groups in total. The van der Waals surface area contributed by atoms with Gasteiger partial charge in [-0.2, -0.15) is 0 Å². The Kier molecular flexibility index (Phi) is 5.98. The van der Waals surface area contributed by atoms with Crippen LogP contribution in [0, 0.1) is 10.1 Å². The number of nitrogens with one attached hydrogen (secondary N) is 1. The number of rotatable bonds is 7. The molecule has 0 saturated heterocycles. The molecule has 0 radical (unpaired) electrons. The molecule has 0 unspecified atom stereocenters. The van der Waals surface area contributed by atoms with E-state index in [0.717, 1.165) is 15.9 Å². The molecule has 0 aliphatic carbocycles. The SMILES string of the molecule is CCOc1ccc(-c2cc(=O)n(CC(=O)Nc3cccc([N+](=O)[O-])c3)cn2)cc1. The summed E-state index contributed by atoms with van der Waals surface area (Å²) in [7, 11) is 0. The molecule has 9 heteroatoms. The predicted octanol–water partition coefficient (Wildman–Crippen LogP) is 2.86. The molecule has 2 aromatic carbocycles. The fourth-order valence-corrected chi connectivity index (χ4v) is 2.64. The number of carbonyl (C=O) groups is 1. The minimum Gasteiger partial charge on any atom is -0.494 e. The number of hydrogen-bond donors (Lipinski definition) is 1. The fraction of sp³-hybridized carbons (Fsp3) is 0.150. The van der Waals surface area contributed by atoms with E-state index in [1.165, 1.54) is 36.7 Å². The molecule has 0 fully saturated rings. The van der Waals surface area contributed by atoms with Gasteiger partial charge in [-0.3, -0.25) is 24.3 Å². The Labute approximate surface area is 165 Å². The quantitative estimate of drug-likeness (QED) is 0.486. The van der Waals surface area contributed by atoms with Gasteiger partial charge in [0.05, 0.1) is 23.6 Å². The monoisotopic (exact) mass is 394 g/mol. The van der Waals surface area contributed by atoms with Crippen molar-refractivity contribution in [2.24, 2.45) is 0 Å². The smallest absolute Gasteiger partial charge is 0.271 e. The Hall–Kier alpha value is -4.01. The van der Waals surface area contributed by atoms with Gasteiger partial charge in [-0.1, -0.05) is 6.07 Å². The highest BCUT2D eigenvalue weighted by Gasteiger charge is 2.10. The normalized spacial score (nSPS) is 10.4. The lowest BCUT2D eigenvalue weighted by Crippen LogP contribution is -2.27. The Bertz CT molecular complexity index is 1090. The molecule has 0 aliphatic heterocycles. The lowest BCUT2D eigenvalue weighted by Gasteiger charge is -2.08. The molecule has 0 aliphatic rings. The highest BCUT2D eigenvalue weighted by molar-refractivity contribution is 5.90. The summed E-state index contributed by atoms with van der Waals surface area (Å²) in [6.07, 6.45) is 1.29. The maximum Gasteiger partial charge on any atom is 0.271 e. The molecular formula is C20H18N4O5. The van der Waals surface area contributed by atoms with Crippen LogP contribution in [-0.4, -0.2) is 27.0 Å². The second-order valence-corrected chi connectivity index (χ2v) is 6.05. The van der Waals surface area contributed by atoms with E-state index in [1.807, 2.05) is 6.92 Å². The number of benzene rings is 2. The van der Waals surface area contributed by atoms with Crippen molar-refractivity contribution in [3.63, 3.8) is 0 Å². The molecule has 0 atom stereocenters. The summed E-state index contributed by atoms with van der Waals surface area (Å²) in [6, 6.07) is 14.1. The fourth-order valence-electron chi connectivity index (χ4n) is 2.64. The molecule has 3 aromatic rings. The van der Waals surface area contributed by atoms with Crippen molar-refractivity contribution in [1.82, 2.24) is 9.55 Å². The first-order valence-corrected chi connectivity index (χ1v) is 8.80. The van der Waals surface area contributed by atoms with Gasteiger partial charge in [-0.25, -0.2) is 4.98 Å². The summed E-state index contributed by atoms with van der Waals surface area (Å²) in [5, 5.41) is 13.3. The van der Waals surface area contributed by atoms with E-state index in [-0.39, 0.29) is 17.9 Å². The van der Waals surface area contributed by atoms with Gasteiger partial charge in [0, 0.05) is 29.4 Å². The van der Waals surface area contributed by atoms with Gasteiger partial charge in [0.2, 0.25) is 5.91 Å². The van der Waals surface area contributed by atoms with Crippen LogP contribution < -0.4 is 15.6 Å². The van der Waals surface area contributed by atoms with Crippen molar-refractivity contribution in [3.8, 4) is 17.0 Å². The molecule has 1 amide bonds. The number of nitro benzene ring substituents is 1. The maximum absolute atomic E-state index is 12.3. The third kappa shape index (κ3) is 5.04. The molecule has 1 heterocycles. The van der Waals surface area contributed by atoms with Crippen molar-refractivity contribution >= 4 is 17.3 Å². The first-order valence-electron chi connectivity index (χ1n) is 8.80. The average molecular weight is 394 g/mol. The molecular weight excluding hydrogens is 376 g/mol. The number of ether oxygens (including phenoxy) is 1. The molecule has 0 bridgehead atoms. The first kappa shape index (κ1) is 19.7. The van der Waals surface area contributed by atoms with Crippen LogP contribution in [-0.2, 0) is 11.3 Å². The van der Waals surface area contributed by atoms with Crippen molar-refractivity contribution < 1.29 is 14.5 Å². The summed E-state index contributed by atoms with van der Waals surface area (Å²) < 4.78 is 6.54. The van der Waals surface area contributed by atoms with E-state index in [4.69, 9.17) is 4.74 Å². The standard InChI is InChI=1S/C20H18N4O5/c1-2-29-17-8-6-14(7-9-17)18-11-20(26)23(13-21-18)12-19(25)22-15-4-3-5-16(10-15)24(27)28/h3-11,13H,2,12H2,1H3,(H,22,25). The summed E-state index contributed by atoms with van der Waals surface area (Å²) in [5.74, 6) is 0.227. The van der Waals surface area contributed by atoms with Crippen molar-refractivity contribution in [1.29, 1.82) is 0 Å². The van der Waals surface area contributed by atoms with E-state index in [0.29, 0.717) is 12.3 Å². The number of nitrogens with zero attached hydrogens (tertiary/aromatic N) is 3. The number of non-ortho nitro benzene ring substituents is 1. The largest absolute Gasteiger partial charge is 0.494 e. The van der Waals surface area contributed by atoms with Gasteiger partial charge in [0.25, 0.3) is 11.2 Å². The zero-order chi connectivity index (χ0) is 20.8. The molecule has 0 spiro atoms. The first-order chi connectivity index (χ1) is 14.0. The predicted molar refractivity (Wildman–Crippen MR) is 107 cm³/mol. The van der Waals surface area contributed by atoms with Crippen LogP contribution in [0.5, 0.6) is 5.75 Å². The number of aromatic nitrogens is 2. The zero-order valence-corrected chi connectivity index (χ0v) is 15.6. The second-order valence-electron chi connectivity index (χ2n) is 6.05. The van der Waals surface area contributed by atoms with E-state index < -0.39 is 16.4 Å². The topological polar surface area (TPSA) is 116 Å². The van der Waals surface area contributed by atoms with Crippen LogP contribution in [0.4, 0.5) is 11.4 Å². The van der Waals surface area contributed by atoms with Crippen LogP contribution in [0.25, 0.3) is 11.3 Å². The lowest BCUT2D eigenvalue weighted by atomic mass is 10.1. The summed E-state index contributed by atoms with van der Waals surface area (Å²) >= 11 is 0. The van der Waals surface area contributed by atoms with E-state index in [9.17, 15) is 19.7 Å². The summed E-state index contributed by atoms with van der Waals surface area (Å²) in [5.41, 5.74) is 0.975. The minimum absolute atomic E-state index is 0.138. The highest BCUT2D eigenvalue weighted by Crippen LogP contribution is 2.20. The molecule has 1 aromatic heterocycles. The number of hydrogen-bond acceptors (Lipinski definition) is 6. The van der Waals surface area contributed by atoms with Crippen LogP contribution >= 0.6 is 0 Å². The lowest BCUT2D eigenvalue weighted by molar-refractivity contribution is -0.384. The molecule has 148 valence electrons. The summed E-state index contributed by atoms with van der Waals surface area (Å²) in [4.78, 5) is 39.0. The molecule has 29 heavy (non-hydrogen) atoms. The van der Waals surface area contributed by atoms with E-state index in [1.54, 1.807) is 24.3 Å². The van der Waals surface area contributed by atoms with Gasteiger partial charge in [0.1, 0.15) is 12.3 Å². The van der Waals surface area contributed by atoms with Crippen LogP contribution in [0.1, 0.15) is 6.92 Å². The Morgan fingerprint density at radius 2 is 1.97 bits per heavy atom. The Morgan fingerprint density at radius 3 is 2.62 bits per heavy atom. The van der Waals surface area contributed by atoms with Crippen molar-refractivity contribution in [2.45, 2.75) is 13.5 Å². The van der Waals surface area contributed by atoms with Gasteiger partial charge in [0.15, 0.2) is 0 Å². The third-order valence-corrected chi connectivity index (χ3v) is 4.00. The Morgan fingerprint density at radius 1 is 1.21 bits per heavy atom. The second kappa shape index (κ2) is 8.79. The van der Waals surface area contributed by atoms with Crippen LogP contribution in [0.3, 0.4) is 0 Å². The van der Waals surface area contributed by atoms with Crippen molar-refractivity contribution in [2.75, 3.05) is 11.9 Å². The van der Waals surface area contributed by atoms with E-state index >= 15 is 0 Å². The number of carbonyl (C=O) groups excluding carboxylic acids is 1. The number of anilines is 1. The van der Waals surface area contributed by atoms with Gasteiger partial charge >= 0.3 is 0 Å². The average Bonchev–Trinajstić information content (AvgIpc) is 2.70. The van der Waals surface area contributed by atoms with Crippen LogP contribution in [0.15, 0.2) is 65.7 Å². The van der Waals surface area contributed by atoms with Gasteiger partial charge in [-0.05, 0) is 37.3 Å². The Balaban J connectivity index is 1.70. The highest BCUT2D eigenvalue weighted by atomic mass is 16.6. The third-order valence-electron chi connectivity index (χ3n) is 4.00. The number of amides is 1. The zero-order valence-electron chi connectivity index (χ0n) is 15.6. The van der Waals surface area contributed by atoms with E-state index in [2.05, 4.69) is 10.3 Å². The molecule has 3 rings (SSSR count). The summed E-state index contributed by atoms with van der Waals surface area (Å²) in [6.45, 7) is 2.19. The van der Waals surface area contributed by atoms with Gasteiger partial charge < -0.3 is 10.1 Å².